The maximum Gasteiger partial charge on any atom is 0.319 e. The monoisotopic (exact) mass is 185 g/mol. The standard InChI is InChI=1S/C9H15NO3/c1-6(2)10(3)7(11)9(4-5-9)8(12)13/h6H,4-5H2,1-3H3,(H,12,13). The van der Waals surface area contributed by atoms with Crippen molar-refractivity contribution in [1.82, 2.24) is 4.90 Å². The normalized spacial score (nSPS) is 18.5. The Balaban J connectivity index is 2.73. The molecule has 13 heavy (non-hydrogen) atoms. The van der Waals surface area contributed by atoms with Crippen molar-refractivity contribution >= 4 is 11.9 Å². The Morgan fingerprint density at radius 2 is 1.85 bits per heavy atom. The van der Waals surface area contributed by atoms with Gasteiger partial charge in [-0.15, -0.1) is 0 Å². The van der Waals surface area contributed by atoms with Gasteiger partial charge in [0.25, 0.3) is 0 Å². The number of carbonyl (C=O) groups excluding carboxylic acids is 1. The minimum absolute atomic E-state index is 0.0596. The van der Waals surface area contributed by atoms with Crippen molar-refractivity contribution in [2.45, 2.75) is 32.7 Å². The van der Waals surface area contributed by atoms with E-state index in [4.69, 9.17) is 5.11 Å². The Bertz CT molecular complexity index is 243. The summed E-state index contributed by atoms with van der Waals surface area (Å²) in [6.45, 7) is 3.74. The summed E-state index contributed by atoms with van der Waals surface area (Å²) in [6, 6.07) is 0.0596. The van der Waals surface area contributed by atoms with Gasteiger partial charge in [0.15, 0.2) is 0 Å². The third-order valence-electron chi connectivity index (χ3n) is 2.66. The van der Waals surface area contributed by atoms with Gasteiger partial charge in [0.1, 0.15) is 5.41 Å². The van der Waals surface area contributed by atoms with E-state index in [0.717, 1.165) is 0 Å². The quantitative estimate of drug-likeness (QED) is 0.659. The number of carboxylic acid groups (broad SMARTS) is 1. The van der Waals surface area contributed by atoms with Crippen LogP contribution in [-0.4, -0.2) is 35.0 Å². The Hall–Kier alpha value is -1.06. The van der Waals surface area contributed by atoms with E-state index in [0.29, 0.717) is 12.8 Å². The van der Waals surface area contributed by atoms with Crippen molar-refractivity contribution in [2.75, 3.05) is 7.05 Å². The molecule has 0 aromatic heterocycles. The zero-order valence-electron chi connectivity index (χ0n) is 8.20. The minimum atomic E-state index is -1.08. The first-order valence-corrected chi connectivity index (χ1v) is 4.42. The SMILES string of the molecule is CC(C)N(C)C(=O)C1(C(=O)O)CC1. The molecule has 0 atom stereocenters. The van der Waals surface area contributed by atoms with Crippen LogP contribution in [0.25, 0.3) is 0 Å². The largest absolute Gasteiger partial charge is 0.480 e. The van der Waals surface area contributed by atoms with Gasteiger partial charge in [0.05, 0.1) is 0 Å². The Kier molecular flexibility index (Phi) is 2.32. The molecule has 0 saturated heterocycles. The molecule has 1 fully saturated rings. The van der Waals surface area contributed by atoms with Crippen molar-refractivity contribution in [2.24, 2.45) is 5.41 Å². The van der Waals surface area contributed by atoms with Crippen LogP contribution in [-0.2, 0) is 9.59 Å². The molecule has 1 rings (SSSR count). The molecule has 1 aliphatic rings. The highest BCUT2D eigenvalue weighted by Crippen LogP contribution is 2.47. The van der Waals surface area contributed by atoms with Crippen LogP contribution in [0.5, 0.6) is 0 Å². The number of carboxylic acids is 1. The number of hydrogen-bond acceptors (Lipinski definition) is 2. The Morgan fingerprint density at radius 1 is 1.38 bits per heavy atom. The van der Waals surface area contributed by atoms with Gasteiger partial charge in [0.2, 0.25) is 5.91 Å². The molecule has 74 valence electrons. The third-order valence-corrected chi connectivity index (χ3v) is 2.66. The van der Waals surface area contributed by atoms with Crippen LogP contribution in [0.4, 0.5) is 0 Å². The van der Waals surface area contributed by atoms with E-state index in [1.165, 1.54) is 4.90 Å². The highest BCUT2D eigenvalue weighted by atomic mass is 16.4. The van der Waals surface area contributed by atoms with Gasteiger partial charge in [-0.3, -0.25) is 9.59 Å². The van der Waals surface area contributed by atoms with Crippen LogP contribution in [0.2, 0.25) is 0 Å². The lowest BCUT2D eigenvalue weighted by molar-refractivity contribution is -0.153. The molecule has 1 saturated carbocycles. The number of amides is 1. The fraction of sp³-hybridized carbons (Fsp3) is 0.778. The van der Waals surface area contributed by atoms with Crippen molar-refractivity contribution in [3.8, 4) is 0 Å². The molecule has 0 bridgehead atoms. The Labute approximate surface area is 77.5 Å². The summed E-state index contributed by atoms with van der Waals surface area (Å²) < 4.78 is 0. The molecule has 1 N–H and O–H groups in total. The van der Waals surface area contributed by atoms with Crippen LogP contribution >= 0.6 is 0 Å². The Morgan fingerprint density at radius 3 is 2.08 bits per heavy atom. The second-order valence-corrected chi connectivity index (χ2v) is 3.90. The number of rotatable bonds is 3. The maximum atomic E-state index is 11.7. The molecule has 1 amide bonds. The highest BCUT2D eigenvalue weighted by molar-refractivity contribution is 6.04. The summed E-state index contributed by atoms with van der Waals surface area (Å²) in [5, 5.41) is 8.86. The second-order valence-electron chi connectivity index (χ2n) is 3.90. The van der Waals surface area contributed by atoms with Gasteiger partial charge in [-0.2, -0.15) is 0 Å². The number of nitrogens with zero attached hydrogens (tertiary/aromatic N) is 1. The summed E-state index contributed by atoms with van der Waals surface area (Å²) in [5.41, 5.74) is -1.08. The molecule has 0 aromatic rings. The fourth-order valence-electron chi connectivity index (χ4n) is 1.22. The van der Waals surface area contributed by atoms with Gasteiger partial charge in [-0.05, 0) is 26.7 Å². The molecule has 0 heterocycles. The van der Waals surface area contributed by atoms with E-state index in [1.807, 2.05) is 13.8 Å². The van der Waals surface area contributed by atoms with E-state index in [1.54, 1.807) is 7.05 Å². The smallest absolute Gasteiger partial charge is 0.319 e. The van der Waals surface area contributed by atoms with Gasteiger partial charge in [0, 0.05) is 13.1 Å². The zero-order chi connectivity index (χ0) is 10.2. The zero-order valence-corrected chi connectivity index (χ0v) is 8.20. The summed E-state index contributed by atoms with van der Waals surface area (Å²) in [4.78, 5) is 24.0. The summed E-state index contributed by atoms with van der Waals surface area (Å²) in [6.07, 6.45) is 0.969. The first-order valence-electron chi connectivity index (χ1n) is 4.42. The highest BCUT2D eigenvalue weighted by Gasteiger charge is 2.58. The van der Waals surface area contributed by atoms with Crippen LogP contribution < -0.4 is 0 Å². The fourth-order valence-corrected chi connectivity index (χ4v) is 1.22. The predicted octanol–water partition coefficient (Wildman–Crippen LogP) is 0.718. The molecule has 0 unspecified atom stereocenters. The average Bonchev–Trinajstić information content (AvgIpc) is 2.81. The van der Waals surface area contributed by atoms with E-state index in [2.05, 4.69) is 0 Å². The van der Waals surface area contributed by atoms with Crippen molar-refractivity contribution in [3.05, 3.63) is 0 Å². The second kappa shape index (κ2) is 3.01. The summed E-state index contributed by atoms with van der Waals surface area (Å²) >= 11 is 0. The van der Waals surface area contributed by atoms with E-state index < -0.39 is 11.4 Å². The number of aliphatic carboxylic acids is 1. The third kappa shape index (κ3) is 1.53. The van der Waals surface area contributed by atoms with Gasteiger partial charge >= 0.3 is 5.97 Å². The van der Waals surface area contributed by atoms with Crippen LogP contribution in [0, 0.1) is 5.41 Å². The van der Waals surface area contributed by atoms with E-state index in [-0.39, 0.29) is 11.9 Å². The molecule has 1 aliphatic carbocycles. The van der Waals surface area contributed by atoms with Crippen molar-refractivity contribution in [1.29, 1.82) is 0 Å². The molecular weight excluding hydrogens is 170 g/mol. The molecule has 0 aromatic carbocycles. The maximum absolute atomic E-state index is 11.7. The molecule has 4 nitrogen and oxygen atoms in total. The minimum Gasteiger partial charge on any atom is -0.480 e. The van der Waals surface area contributed by atoms with E-state index >= 15 is 0 Å². The van der Waals surface area contributed by atoms with Crippen molar-refractivity contribution in [3.63, 3.8) is 0 Å². The average molecular weight is 185 g/mol. The van der Waals surface area contributed by atoms with Crippen LogP contribution in [0.15, 0.2) is 0 Å². The lowest BCUT2D eigenvalue weighted by Gasteiger charge is -2.24. The first-order chi connectivity index (χ1) is 5.92. The van der Waals surface area contributed by atoms with Crippen molar-refractivity contribution < 1.29 is 14.7 Å². The van der Waals surface area contributed by atoms with Gasteiger partial charge in [-0.1, -0.05) is 0 Å². The summed E-state index contributed by atoms with van der Waals surface area (Å²) in [7, 11) is 1.65. The molecule has 0 radical (unpaired) electrons. The molecule has 4 heteroatoms. The summed E-state index contributed by atoms with van der Waals surface area (Å²) in [5.74, 6) is -1.24. The number of hydrogen-bond donors (Lipinski definition) is 1. The van der Waals surface area contributed by atoms with Gasteiger partial charge < -0.3 is 10.0 Å². The molecular formula is C9H15NO3. The lowest BCUT2D eigenvalue weighted by atomic mass is 10.1. The van der Waals surface area contributed by atoms with E-state index in [9.17, 15) is 9.59 Å². The number of carbonyl (C=O) groups is 2. The van der Waals surface area contributed by atoms with Crippen LogP contribution in [0.3, 0.4) is 0 Å². The lowest BCUT2D eigenvalue weighted by Crippen LogP contribution is -2.41. The van der Waals surface area contributed by atoms with Crippen LogP contribution in [0.1, 0.15) is 26.7 Å². The van der Waals surface area contributed by atoms with Gasteiger partial charge in [-0.25, -0.2) is 0 Å². The molecule has 0 aliphatic heterocycles. The topological polar surface area (TPSA) is 57.6 Å². The predicted molar refractivity (Wildman–Crippen MR) is 47.2 cm³/mol. The molecule has 0 spiro atoms. The first kappa shape index (κ1) is 10.0.